The third-order valence-electron chi connectivity index (χ3n) is 8.06. The Bertz CT molecular complexity index is 2010. The standard InChI is InChI=1S/C27H29NO2.C13H6F6N.Pt/c1-27(2,3)26(30)18-21(29)17-14-19-12-15-20(16-13-19)28-24-10-6-4-8-22(24)23-9-5-7-11-25(23)28;14-12(15,16)9-5-8(11-3-1-2-4-20-11)6-10(7-9)13(17,18)19;/h4-13,15-16,18,21,29-30H,14,17H2,1-3H3;1-5,7H;/q;-1;. The summed E-state index contributed by atoms with van der Waals surface area (Å²) in [5, 5.41) is 22.8. The van der Waals surface area contributed by atoms with E-state index >= 15 is 0 Å². The van der Waals surface area contributed by atoms with Crippen molar-refractivity contribution in [3.63, 3.8) is 0 Å². The van der Waals surface area contributed by atoms with E-state index in [1.165, 1.54) is 51.8 Å². The van der Waals surface area contributed by atoms with Crippen molar-refractivity contribution >= 4 is 21.8 Å². The number of hydrogen-bond donors (Lipinski definition) is 2. The smallest absolute Gasteiger partial charge is 0.399 e. The second-order valence-corrected chi connectivity index (χ2v) is 12.9. The van der Waals surface area contributed by atoms with Gasteiger partial charge in [0.2, 0.25) is 0 Å². The molecule has 270 valence electrons. The Morgan fingerprint density at radius 2 is 1.35 bits per heavy atom. The molecule has 51 heavy (non-hydrogen) atoms. The zero-order chi connectivity index (χ0) is 36.3. The van der Waals surface area contributed by atoms with Crippen LogP contribution in [0.15, 0.2) is 121 Å². The maximum atomic E-state index is 12.7. The van der Waals surface area contributed by atoms with Gasteiger partial charge in [-0.3, -0.25) is 0 Å². The first-order chi connectivity index (χ1) is 23.5. The summed E-state index contributed by atoms with van der Waals surface area (Å²) in [6.07, 6.45) is -6.27. The maximum absolute atomic E-state index is 12.7. The Hall–Kier alpha value is -4.40. The number of benzene rings is 4. The van der Waals surface area contributed by atoms with Crippen molar-refractivity contribution in [1.29, 1.82) is 0 Å². The van der Waals surface area contributed by atoms with E-state index in [0.29, 0.717) is 12.5 Å². The van der Waals surface area contributed by atoms with E-state index in [0.717, 1.165) is 12.1 Å². The fraction of sp³-hybridized carbons (Fsp3) is 0.225. The minimum Gasteiger partial charge on any atom is -0.512 e. The number of aliphatic hydroxyl groups excluding tert-OH is 2. The summed E-state index contributed by atoms with van der Waals surface area (Å²) in [6.45, 7) is 5.79. The van der Waals surface area contributed by atoms with Crippen molar-refractivity contribution in [1.82, 2.24) is 9.55 Å². The molecule has 6 aromatic rings. The number of rotatable bonds is 6. The molecule has 0 bridgehead atoms. The summed E-state index contributed by atoms with van der Waals surface area (Å²) in [6, 6.07) is 32.3. The summed E-state index contributed by atoms with van der Waals surface area (Å²) in [7, 11) is 0. The summed E-state index contributed by atoms with van der Waals surface area (Å²) in [4.78, 5) is 3.73. The van der Waals surface area contributed by atoms with Gasteiger partial charge in [-0.05, 0) is 71.6 Å². The molecule has 6 rings (SSSR count). The second kappa shape index (κ2) is 15.9. The quantitative estimate of drug-likeness (QED) is 0.0995. The number of halogens is 6. The Balaban J connectivity index is 0.000000243. The van der Waals surface area contributed by atoms with Gasteiger partial charge in [-0.15, -0.1) is 23.8 Å². The molecule has 4 aromatic carbocycles. The Kier molecular flexibility index (Phi) is 12.3. The fourth-order valence-electron chi connectivity index (χ4n) is 5.39. The van der Waals surface area contributed by atoms with Gasteiger partial charge in [0, 0.05) is 49.1 Å². The molecule has 0 spiro atoms. The molecule has 1 unspecified atom stereocenters. The average Bonchev–Trinajstić information content (AvgIpc) is 3.41. The van der Waals surface area contributed by atoms with Crippen LogP contribution in [0.5, 0.6) is 0 Å². The molecular weight excluding hydrogens is 850 g/mol. The van der Waals surface area contributed by atoms with E-state index in [-0.39, 0.29) is 49.6 Å². The predicted molar refractivity (Wildman–Crippen MR) is 184 cm³/mol. The third kappa shape index (κ3) is 9.69. The first-order valence-electron chi connectivity index (χ1n) is 15.8. The molecule has 2 aromatic heterocycles. The van der Waals surface area contributed by atoms with E-state index in [2.05, 4.69) is 82.3 Å². The molecule has 0 radical (unpaired) electrons. The van der Waals surface area contributed by atoms with Crippen molar-refractivity contribution in [3.8, 4) is 16.9 Å². The third-order valence-corrected chi connectivity index (χ3v) is 8.06. The van der Waals surface area contributed by atoms with Crippen LogP contribution in [-0.2, 0) is 39.8 Å². The molecule has 0 saturated heterocycles. The summed E-state index contributed by atoms with van der Waals surface area (Å²) >= 11 is 0. The number of fused-ring (bicyclic) bond motifs is 3. The molecule has 2 N–H and O–H groups in total. The largest absolute Gasteiger partial charge is 0.512 e. The minimum absolute atomic E-state index is 0. The Morgan fingerprint density at radius 1 is 0.784 bits per heavy atom. The topological polar surface area (TPSA) is 58.3 Å². The van der Waals surface area contributed by atoms with E-state index in [4.69, 9.17) is 0 Å². The van der Waals surface area contributed by atoms with Gasteiger partial charge in [0.15, 0.2) is 0 Å². The normalized spacial score (nSPS) is 13.0. The number of alkyl halides is 6. The first-order valence-corrected chi connectivity index (χ1v) is 15.8. The number of aliphatic hydroxyl groups is 2. The number of aryl methyl sites for hydroxylation is 1. The molecular formula is C40H35F6N2O2Pt-. The van der Waals surface area contributed by atoms with Crippen molar-refractivity contribution in [2.45, 2.75) is 52.1 Å². The van der Waals surface area contributed by atoms with Crippen LogP contribution in [-0.4, -0.2) is 25.9 Å². The summed E-state index contributed by atoms with van der Waals surface area (Å²) in [5.74, 6) is 0.233. The summed E-state index contributed by atoms with van der Waals surface area (Å²) < 4.78 is 78.1. The van der Waals surface area contributed by atoms with Crippen LogP contribution < -0.4 is 0 Å². The first kappa shape index (κ1) is 39.4. The monoisotopic (exact) mass is 884 g/mol. The molecule has 4 nitrogen and oxygen atoms in total. The Morgan fingerprint density at radius 3 is 1.86 bits per heavy atom. The number of para-hydroxylation sites is 2. The van der Waals surface area contributed by atoms with Gasteiger partial charge in [-0.2, -0.15) is 26.3 Å². The van der Waals surface area contributed by atoms with Gasteiger partial charge in [-0.25, -0.2) is 0 Å². The Labute approximate surface area is 306 Å². The van der Waals surface area contributed by atoms with Crippen LogP contribution in [0.3, 0.4) is 0 Å². The molecule has 0 saturated carbocycles. The van der Waals surface area contributed by atoms with Crippen LogP contribution in [0.25, 0.3) is 38.8 Å². The molecule has 1 atom stereocenters. The van der Waals surface area contributed by atoms with Crippen LogP contribution in [0.2, 0.25) is 0 Å². The van der Waals surface area contributed by atoms with Crippen molar-refractivity contribution in [3.05, 3.63) is 144 Å². The molecule has 2 heterocycles. The molecule has 0 aliphatic heterocycles. The number of aromatic nitrogens is 2. The zero-order valence-electron chi connectivity index (χ0n) is 27.8. The van der Waals surface area contributed by atoms with Crippen molar-refractivity contribution < 1.29 is 57.6 Å². The van der Waals surface area contributed by atoms with E-state index < -0.39 is 29.6 Å². The molecule has 0 fully saturated rings. The van der Waals surface area contributed by atoms with Gasteiger partial charge >= 0.3 is 12.4 Å². The number of hydrogen-bond acceptors (Lipinski definition) is 3. The number of allylic oxidation sites excluding steroid dienone is 1. The van der Waals surface area contributed by atoms with Crippen LogP contribution in [0, 0.1) is 11.5 Å². The molecule has 0 aliphatic carbocycles. The van der Waals surface area contributed by atoms with Crippen LogP contribution in [0.1, 0.15) is 43.9 Å². The zero-order valence-corrected chi connectivity index (χ0v) is 30.1. The average molecular weight is 885 g/mol. The second-order valence-electron chi connectivity index (χ2n) is 12.9. The SMILES string of the molecule is CC(C)(C)C(O)=CC(O)CCc1ccc(-n2c3ccccc3c3ccccc32)cc1.FC(F)(F)c1[c-]c(-c2ccccn2)cc(C(F)(F)F)c1.[Pt]. The minimum atomic E-state index is -4.91. The van der Waals surface area contributed by atoms with Gasteiger partial charge in [0.1, 0.15) is 0 Å². The molecule has 0 amide bonds. The van der Waals surface area contributed by atoms with Crippen molar-refractivity contribution in [2.75, 3.05) is 0 Å². The van der Waals surface area contributed by atoms with Gasteiger partial charge in [-0.1, -0.05) is 81.4 Å². The number of pyridine rings is 1. The van der Waals surface area contributed by atoms with Crippen molar-refractivity contribution in [2.24, 2.45) is 5.41 Å². The van der Waals surface area contributed by atoms with Crippen LogP contribution >= 0.6 is 0 Å². The van der Waals surface area contributed by atoms with Gasteiger partial charge < -0.3 is 19.8 Å². The molecule has 11 heteroatoms. The van der Waals surface area contributed by atoms with E-state index in [1.807, 2.05) is 26.8 Å². The maximum Gasteiger partial charge on any atom is 0.399 e. The van der Waals surface area contributed by atoms with Crippen LogP contribution in [0.4, 0.5) is 26.3 Å². The number of nitrogens with zero attached hydrogens (tertiary/aromatic N) is 2. The van der Waals surface area contributed by atoms with Gasteiger partial charge in [0.05, 0.1) is 22.9 Å². The van der Waals surface area contributed by atoms with E-state index in [9.17, 15) is 36.6 Å². The van der Waals surface area contributed by atoms with Gasteiger partial charge in [0.25, 0.3) is 0 Å². The van der Waals surface area contributed by atoms with E-state index in [1.54, 1.807) is 6.08 Å². The predicted octanol–water partition coefficient (Wildman–Crippen LogP) is 11.1. The molecule has 0 aliphatic rings. The fourth-order valence-corrected chi connectivity index (χ4v) is 5.39. The summed E-state index contributed by atoms with van der Waals surface area (Å²) in [5.41, 5.74) is 1.12.